The van der Waals surface area contributed by atoms with Gasteiger partial charge in [0.05, 0.1) is 5.69 Å². The molecule has 8 nitrogen and oxygen atoms in total. The van der Waals surface area contributed by atoms with E-state index in [1.807, 2.05) is 13.0 Å². The van der Waals surface area contributed by atoms with E-state index in [-0.39, 0.29) is 12.1 Å². The summed E-state index contributed by atoms with van der Waals surface area (Å²) in [6.07, 6.45) is 4.10. The number of aryl methyl sites for hydroxylation is 3. The van der Waals surface area contributed by atoms with E-state index in [1.165, 1.54) is 21.5 Å². The molecule has 0 amide bonds. The molecule has 0 spiro atoms. The van der Waals surface area contributed by atoms with E-state index in [0.29, 0.717) is 18.5 Å². The second-order valence-corrected chi connectivity index (χ2v) is 5.07. The number of aromatic nitrogens is 5. The van der Waals surface area contributed by atoms with Crippen molar-refractivity contribution < 1.29 is 4.52 Å². The van der Waals surface area contributed by atoms with Crippen molar-refractivity contribution in [3.8, 4) is 0 Å². The van der Waals surface area contributed by atoms with Crippen LogP contribution in [0.25, 0.3) is 11.2 Å². The molecule has 0 saturated heterocycles. The van der Waals surface area contributed by atoms with E-state index < -0.39 is 11.2 Å². The molecule has 0 bridgehead atoms. The first kappa shape index (κ1) is 14.2. The van der Waals surface area contributed by atoms with Gasteiger partial charge in [-0.2, -0.15) is 0 Å². The summed E-state index contributed by atoms with van der Waals surface area (Å²) < 4.78 is 7.63. The van der Waals surface area contributed by atoms with Gasteiger partial charge in [0.25, 0.3) is 5.56 Å². The molecule has 22 heavy (non-hydrogen) atoms. The largest absolute Gasteiger partial charge is 0.361 e. The van der Waals surface area contributed by atoms with Crippen LogP contribution in [0.4, 0.5) is 0 Å². The van der Waals surface area contributed by atoms with Crippen LogP contribution in [0.3, 0.4) is 0 Å². The second kappa shape index (κ2) is 5.55. The highest BCUT2D eigenvalue weighted by Gasteiger charge is 2.12. The molecule has 0 N–H and O–H groups in total. The van der Waals surface area contributed by atoms with Gasteiger partial charge in [0.1, 0.15) is 5.76 Å². The molecule has 0 aliphatic carbocycles. The van der Waals surface area contributed by atoms with Crippen LogP contribution in [0.5, 0.6) is 0 Å². The van der Waals surface area contributed by atoms with Gasteiger partial charge in [-0.15, -0.1) is 0 Å². The predicted octanol–water partition coefficient (Wildman–Crippen LogP) is 0.419. The van der Waals surface area contributed by atoms with Crippen molar-refractivity contribution in [2.45, 2.75) is 26.3 Å². The zero-order valence-corrected chi connectivity index (χ0v) is 12.3. The van der Waals surface area contributed by atoms with Gasteiger partial charge in [0.15, 0.2) is 11.2 Å². The van der Waals surface area contributed by atoms with E-state index in [2.05, 4.69) is 15.1 Å². The molecule has 0 aliphatic heterocycles. The standard InChI is InChI=1S/C14H15N5O3/c1-9-8-10(22-17-9)4-3-7-19-13(20)11-12(16-6-5-15-11)18(2)14(19)21/h5-6,8H,3-4,7H2,1-2H3. The fraction of sp³-hybridized carbons (Fsp3) is 0.357. The molecule has 0 aromatic carbocycles. The first-order valence-electron chi connectivity index (χ1n) is 6.90. The van der Waals surface area contributed by atoms with Gasteiger partial charge in [0.2, 0.25) is 0 Å². The maximum Gasteiger partial charge on any atom is 0.332 e. The molecule has 8 heteroatoms. The summed E-state index contributed by atoms with van der Waals surface area (Å²) in [5.74, 6) is 0.739. The third-order valence-electron chi connectivity index (χ3n) is 3.44. The van der Waals surface area contributed by atoms with Crippen LogP contribution in [-0.4, -0.2) is 24.3 Å². The Kier molecular flexibility index (Phi) is 3.58. The molecule has 0 unspecified atom stereocenters. The van der Waals surface area contributed by atoms with Crippen molar-refractivity contribution in [1.29, 1.82) is 0 Å². The Bertz CT molecular complexity index is 938. The number of fused-ring (bicyclic) bond motifs is 1. The van der Waals surface area contributed by atoms with Crippen molar-refractivity contribution in [3.63, 3.8) is 0 Å². The second-order valence-electron chi connectivity index (χ2n) is 5.07. The van der Waals surface area contributed by atoms with Crippen LogP contribution in [0.1, 0.15) is 17.9 Å². The maximum atomic E-state index is 12.4. The molecule has 114 valence electrons. The average Bonchev–Trinajstić information content (AvgIpc) is 2.94. The fourth-order valence-corrected chi connectivity index (χ4v) is 2.36. The van der Waals surface area contributed by atoms with E-state index in [9.17, 15) is 9.59 Å². The zero-order chi connectivity index (χ0) is 15.7. The van der Waals surface area contributed by atoms with Gasteiger partial charge in [0, 0.05) is 38.5 Å². The lowest BCUT2D eigenvalue weighted by Gasteiger charge is -2.08. The summed E-state index contributed by atoms with van der Waals surface area (Å²) in [5.41, 5.74) is 0.482. The van der Waals surface area contributed by atoms with Crippen molar-refractivity contribution in [2.24, 2.45) is 7.05 Å². The minimum Gasteiger partial charge on any atom is -0.361 e. The first-order valence-corrected chi connectivity index (χ1v) is 6.90. The Morgan fingerprint density at radius 2 is 2.00 bits per heavy atom. The van der Waals surface area contributed by atoms with Crippen molar-refractivity contribution in [3.05, 3.63) is 50.8 Å². The topological polar surface area (TPSA) is 95.8 Å². The lowest BCUT2D eigenvalue weighted by Crippen LogP contribution is -2.39. The summed E-state index contributed by atoms with van der Waals surface area (Å²) >= 11 is 0. The summed E-state index contributed by atoms with van der Waals surface area (Å²) in [4.78, 5) is 32.7. The SMILES string of the molecule is Cc1cc(CCCn2c(=O)c3nccnc3n(C)c2=O)on1. The Morgan fingerprint density at radius 1 is 1.23 bits per heavy atom. The van der Waals surface area contributed by atoms with Crippen molar-refractivity contribution >= 4 is 11.2 Å². The van der Waals surface area contributed by atoms with Crippen LogP contribution in [0.15, 0.2) is 32.6 Å². The third-order valence-corrected chi connectivity index (χ3v) is 3.44. The summed E-state index contributed by atoms with van der Waals surface area (Å²) in [6.45, 7) is 2.13. The van der Waals surface area contributed by atoms with Gasteiger partial charge in [-0.25, -0.2) is 14.8 Å². The molecule has 3 heterocycles. The van der Waals surface area contributed by atoms with Crippen LogP contribution in [0.2, 0.25) is 0 Å². The average molecular weight is 301 g/mol. The Morgan fingerprint density at radius 3 is 2.73 bits per heavy atom. The molecule has 0 atom stereocenters. The summed E-state index contributed by atoms with van der Waals surface area (Å²) in [5, 5.41) is 3.80. The van der Waals surface area contributed by atoms with E-state index in [4.69, 9.17) is 4.52 Å². The van der Waals surface area contributed by atoms with E-state index in [0.717, 1.165) is 11.5 Å². The van der Waals surface area contributed by atoms with Gasteiger partial charge < -0.3 is 4.52 Å². The molecule has 3 aromatic rings. The molecule has 3 rings (SSSR count). The summed E-state index contributed by atoms with van der Waals surface area (Å²) in [7, 11) is 1.58. The van der Waals surface area contributed by atoms with Crippen LogP contribution in [0, 0.1) is 6.92 Å². The van der Waals surface area contributed by atoms with Crippen LogP contribution in [-0.2, 0) is 20.0 Å². The van der Waals surface area contributed by atoms with E-state index >= 15 is 0 Å². The van der Waals surface area contributed by atoms with Crippen molar-refractivity contribution in [1.82, 2.24) is 24.3 Å². The number of nitrogens with zero attached hydrogens (tertiary/aromatic N) is 5. The van der Waals surface area contributed by atoms with Crippen molar-refractivity contribution in [2.75, 3.05) is 0 Å². The molecular weight excluding hydrogens is 286 g/mol. The number of hydrogen-bond donors (Lipinski definition) is 0. The lowest BCUT2D eigenvalue weighted by atomic mass is 10.2. The Balaban J connectivity index is 1.90. The Hall–Kier alpha value is -2.77. The molecule has 0 fully saturated rings. The lowest BCUT2D eigenvalue weighted by molar-refractivity contribution is 0.373. The minimum atomic E-state index is -0.417. The highest BCUT2D eigenvalue weighted by atomic mass is 16.5. The normalized spacial score (nSPS) is 11.2. The fourth-order valence-electron chi connectivity index (χ4n) is 2.36. The molecule has 3 aromatic heterocycles. The highest BCUT2D eigenvalue weighted by molar-refractivity contribution is 5.67. The summed E-state index contributed by atoms with van der Waals surface area (Å²) in [6, 6.07) is 1.84. The van der Waals surface area contributed by atoms with Gasteiger partial charge in [-0.05, 0) is 13.3 Å². The highest BCUT2D eigenvalue weighted by Crippen LogP contribution is 2.06. The predicted molar refractivity (Wildman–Crippen MR) is 78.6 cm³/mol. The third kappa shape index (κ3) is 2.43. The number of rotatable bonds is 4. The van der Waals surface area contributed by atoms with Crippen LogP contribution < -0.4 is 11.2 Å². The van der Waals surface area contributed by atoms with Crippen LogP contribution >= 0.6 is 0 Å². The van der Waals surface area contributed by atoms with Gasteiger partial charge in [-0.3, -0.25) is 13.9 Å². The molecule has 0 radical (unpaired) electrons. The van der Waals surface area contributed by atoms with Gasteiger partial charge in [-0.1, -0.05) is 5.16 Å². The zero-order valence-electron chi connectivity index (χ0n) is 12.3. The first-order chi connectivity index (χ1) is 10.6. The smallest absolute Gasteiger partial charge is 0.332 e. The quantitative estimate of drug-likeness (QED) is 0.693. The maximum absolute atomic E-state index is 12.4. The minimum absolute atomic E-state index is 0.195. The van der Waals surface area contributed by atoms with Gasteiger partial charge >= 0.3 is 5.69 Å². The Labute approximate surface area is 125 Å². The molecule has 0 aliphatic rings. The van der Waals surface area contributed by atoms with E-state index in [1.54, 1.807) is 7.05 Å². The molecular formula is C14H15N5O3. The number of hydrogen-bond acceptors (Lipinski definition) is 6. The molecule has 0 saturated carbocycles. The monoisotopic (exact) mass is 301 g/mol.